The summed E-state index contributed by atoms with van der Waals surface area (Å²) in [4.78, 5) is 27.2. The van der Waals surface area contributed by atoms with Crippen LogP contribution in [0, 0.1) is 0 Å². The summed E-state index contributed by atoms with van der Waals surface area (Å²) in [6.07, 6.45) is 0. The van der Waals surface area contributed by atoms with Crippen molar-refractivity contribution in [2.45, 2.75) is 0 Å². The smallest absolute Gasteiger partial charge is 0.336 e. The molecule has 2 rings (SSSR count). The molecular formula is C18H19Br2NO6. The van der Waals surface area contributed by atoms with E-state index in [0.717, 1.165) is 5.06 Å². The van der Waals surface area contributed by atoms with Crippen molar-refractivity contribution < 1.29 is 29.0 Å². The van der Waals surface area contributed by atoms with Crippen LogP contribution in [-0.4, -0.2) is 50.4 Å². The molecule has 0 heterocycles. The quantitative estimate of drug-likeness (QED) is 0.613. The fourth-order valence-electron chi connectivity index (χ4n) is 1.92. The van der Waals surface area contributed by atoms with Crippen molar-refractivity contribution in [3.63, 3.8) is 0 Å². The second-order valence-corrected chi connectivity index (χ2v) is 6.52. The van der Waals surface area contributed by atoms with Gasteiger partial charge in [0.05, 0.1) is 41.4 Å². The van der Waals surface area contributed by atoms with Gasteiger partial charge in [0.15, 0.2) is 0 Å². The first-order valence-corrected chi connectivity index (χ1v) is 9.07. The van der Waals surface area contributed by atoms with Gasteiger partial charge in [-0.1, -0.05) is 12.1 Å². The van der Waals surface area contributed by atoms with E-state index in [2.05, 4.69) is 31.9 Å². The van der Waals surface area contributed by atoms with E-state index in [1.807, 2.05) is 0 Å². The Kier molecular flexibility index (Phi) is 9.27. The number of carboxylic acids is 1. The summed E-state index contributed by atoms with van der Waals surface area (Å²) in [7, 11) is 6.03. The Labute approximate surface area is 174 Å². The van der Waals surface area contributed by atoms with Gasteiger partial charge in [-0.25, -0.2) is 9.86 Å². The van der Waals surface area contributed by atoms with Crippen LogP contribution in [0.5, 0.6) is 11.5 Å². The van der Waals surface area contributed by atoms with Crippen LogP contribution in [-0.2, 0) is 4.84 Å². The molecule has 0 unspecified atom stereocenters. The van der Waals surface area contributed by atoms with Gasteiger partial charge in [0.1, 0.15) is 11.5 Å². The average molecular weight is 505 g/mol. The van der Waals surface area contributed by atoms with Crippen LogP contribution in [0.15, 0.2) is 45.3 Å². The number of carboxylic acid groups (broad SMARTS) is 1. The van der Waals surface area contributed by atoms with Gasteiger partial charge in [0, 0.05) is 7.05 Å². The maximum absolute atomic E-state index is 11.8. The average Bonchev–Trinajstić information content (AvgIpc) is 2.67. The molecule has 1 N–H and O–H groups in total. The van der Waals surface area contributed by atoms with E-state index in [4.69, 9.17) is 19.4 Å². The van der Waals surface area contributed by atoms with Crippen LogP contribution < -0.4 is 9.47 Å². The lowest BCUT2D eigenvalue weighted by Crippen LogP contribution is -2.25. The molecule has 0 aromatic heterocycles. The Morgan fingerprint density at radius 1 is 0.889 bits per heavy atom. The van der Waals surface area contributed by atoms with Crippen molar-refractivity contribution in [1.29, 1.82) is 0 Å². The first kappa shape index (κ1) is 22.9. The number of aromatic carboxylic acids is 1. The molecule has 9 heteroatoms. The Bertz CT molecular complexity index is 812. The summed E-state index contributed by atoms with van der Waals surface area (Å²) in [5.41, 5.74) is 0.702. The molecule has 0 bridgehead atoms. The molecule has 7 nitrogen and oxygen atoms in total. The molecule has 2 aromatic carbocycles. The molecule has 0 spiro atoms. The third-order valence-electron chi connectivity index (χ3n) is 3.39. The van der Waals surface area contributed by atoms with Crippen LogP contribution in [0.25, 0.3) is 0 Å². The number of hydroxylamine groups is 2. The predicted octanol–water partition coefficient (Wildman–Crippen LogP) is 4.25. The Morgan fingerprint density at radius 3 is 1.74 bits per heavy atom. The number of ether oxygens (including phenoxy) is 2. The van der Waals surface area contributed by atoms with Gasteiger partial charge < -0.3 is 14.6 Å². The van der Waals surface area contributed by atoms with E-state index in [0.29, 0.717) is 26.0 Å². The molecule has 146 valence electrons. The van der Waals surface area contributed by atoms with Crippen molar-refractivity contribution in [1.82, 2.24) is 5.06 Å². The van der Waals surface area contributed by atoms with E-state index in [1.54, 1.807) is 44.5 Å². The van der Waals surface area contributed by atoms with Crippen LogP contribution in [0.2, 0.25) is 0 Å². The molecule has 0 fully saturated rings. The summed E-state index contributed by atoms with van der Waals surface area (Å²) in [5.74, 6) is -0.0655. The molecule has 0 saturated carbocycles. The maximum atomic E-state index is 11.8. The van der Waals surface area contributed by atoms with E-state index >= 15 is 0 Å². The molecule has 0 saturated heterocycles. The number of rotatable bonds is 5. The van der Waals surface area contributed by atoms with Crippen LogP contribution >= 0.6 is 31.9 Å². The molecule has 0 aliphatic carbocycles. The van der Waals surface area contributed by atoms with Crippen LogP contribution in [0.4, 0.5) is 0 Å². The van der Waals surface area contributed by atoms with Gasteiger partial charge in [0.2, 0.25) is 0 Å². The predicted molar refractivity (Wildman–Crippen MR) is 107 cm³/mol. The Balaban J connectivity index is 0.000000277. The van der Waals surface area contributed by atoms with Gasteiger partial charge in [-0.2, -0.15) is 0 Å². The van der Waals surface area contributed by atoms with Crippen molar-refractivity contribution in [2.24, 2.45) is 0 Å². The highest BCUT2D eigenvalue weighted by atomic mass is 79.9. The summed E-state index contributed by atoms with van der Waals surface area (Å²) in [6, 6.07) is 10.1. The molecule has 0 aliphatic rings. The van der Waals surface area contributed by atoms with Gasteiger partial charge in [0.25, 0.3) is 5.91 Å². The second kappa shape index (κ2) is 10.9. The molecule has 0 radical (unpaired) electrons. The van der Waals surface area contributed by atoms with E-state index in [1.165, 1.54) is 20.3 Å². The topological polar surface area (TPSA) is 85.3 Å². The zero-order valence-electron chi connectivity index (χ0n) is 15.2. The second-order valence-electron chi connectivity index (χ2n) is 4.93. The van der Waals surface area contributed by atoms with E-state index in [9.17, 15) is 9.59 Å². The van der Waals surface area contributed by atoms with Crippen LogP contribution in [0.1, 0.15) is 20.7 Å². The number of carbonyl (C=O) groups is 2. The maximum Gasteiger partial charge on any atom is 0.336 e. The summed E-state index contributed by atoms with van der Waals surface area (Å²) in [5, 5.41) is 9.85. The highest BCUT2D eigenvalue weighted by Gasteiger charge is 2.17. The number of nitrogens with zero attached hydrogens (tertiary/aromatic N) is 1. The summed E-state index contributed by atoms with van der Waals surface area (Å²) in [6.45, 7) is 0. The van der Waals surface area contributed by atoms with Crippen LogP contribution in [0.3, 0.4) is 0 Å². The molecular weight excluding hydrogens is 486 g/mol. The fraction of sp³-hybridized carbons (Fsp3) is 0.222. The Morgan fingerprint density at radius 2 is 1.33 bits per heavy atom. The van der Waals surface area contributed by atoms with E-state index in [-0.39, 0.29) is 11.5 Å². The monoisotopic (exact) mass is 503 g/mol. The first-order valence-electron chi connectivity index (χ1n) is 7.48. The fourth-order valence-corrected chi connectivity index (χ4v) is 3.11. The van der Waals surface area contributed by atoms with Gasteiger partial charge in [-0.05, 0) is 56.1 Å². The minimum absolute atomic E-state index is 0.203. The first-order chi connectivity index (χ1) is 12.8. The molecule has 2 aromatic rings. The van der Waals surface area contributed by atoms with Crippen molar-refractivity contribution in [3.05, 3.63) is 56.5 Å². The SMILES string of the molecule is COc1cccc(C(=O)N(C)OC)c1Br.COc1cccc(C(=O)O)c1Br. The summed E-state index contributed by atoms with van der Waals surface area (Å²) >= 11 is 6.45. The molecule has 1 amide bonds. The highest BCUT2D eigenvalue weighted by Crippen LogP contribution is 2.29. The zero-order valence-corrected chi connectivity index (χ0v) is 18.3. The van der Waals surface area contributed by atoms with E-state index < -0.39 is 5.97 Å². The normalized spacial score (nSPS) is 9.70. The van der Waals surface area contributed by atoms with Gasteiger partial charge in [-0.3, -0.25) is 9.63 Å². The van der Waals surface area contributed by atoms with Gasteiger partial charge >= 0.3 is 5.97 Å². The third kappa shape index (κ3) is 5.95. The highest BCUT2D eigenvalue weighted by molar-refractivity contribution is 9.11. The lowest BCUT2D eigenvalue weighted by atomic mass is 10.2. The minimum Gasteiger partial charge on any atom is -0.496 e. The number of halogens is 2. The largest absolute Gasteiger partial charge is 0.496 e. The van der Waals surface area contributed by atoms with Gasteiger partial charge in [-0.15, -0.1) is 0 Å². The number of benzene rings is 2. The number of amides is 1. The standard InChI is InChI=1S/C10H12BrNO3.C8H7BrO3/c1-12(15-3)10(13)7-5-4-6-8(14-2)9(7)11;1-12-6-4-2-3-5(7(6)9)8(10)11/h4-6H,1-3H3;2-4H,1H3,(H,10,11). The summed E-state index contributed by atoms with van der Waals surface area (Å²) < 4.78 is 11.1. The van der Waals surface area contributed by atoms with Crippen molar-refractivity contribution >= 4 is 43.7 Å². The zero-order chi connectivity index (χ0) is 20.6. The van der Waals surface area contributed by atoms with Crippen molar-refractivity contribution in [3.8, 4) is 11.5 Å². The Hall–Kier alpha value is -2.10. The molecule has 0 atom stereocenters. The lowest BCUT2D eigenvalue weighted by molar-refractivity contribution is -0.0757. The minimum atomic E-state index is -0.972. The third-order valence-corrected chi connectivity index (χ3v) is 5.02. The number of methoxy groups -OCH3 is 2. The lowest BCUT2D eigenvalue weighted by Gasteiger charge is -2.15. The number of carbonyl (C=O) groups excluding carboxylic acids is 1. The number of hydrogen-bond acceptors (Lipinski definition) is 5. The molecule has 0 aliphatic heterocycles. The number of hydrogen-bond donors (Lipinski definition) is 1. The molecule has 27 heavy (non-hydrogen) atoms. The van der Waals surface area contributed by atoms with Crippen molar-refractivity contribution in [2.75, 3.05) is 28.4 Å².